The van der Waals surface area contributed by atoms with Crippen LogP contribution in [0.4, 0.5) is 0 Å². The van der Waals surface area contributed by atoms with Crippen LogP contribution in [0.15, 0.2) is 41.8 Å². The van der Waals surface area contributed by atoms with Crippen LogP contribution in [0.1, 0.15) is 11.1 Å². The second-order valence-corrected chi connectivity index (χ2v) is 6.26. The molecule has 0 unspecified atom stereocenters. The number of thioether (sulfide) groups is 1. The van der Waals surface area contributed by atoms with E-state index in [0.29, 0.717) is 6.54 Å². The van der Waals surface area contributed by atoms with E-state index in [9.17, 15) is 4.79 Å². The van der Waals surface area contributed by atoms with E-state index in [-0.39, 0.29) is 11.2 Å². The van der Waals surface area contributed by atoms with Crippen LogP contribution in [0.3, 0.4) is 0 Å². The molecular weight excluding hydrogens is 270 g/mol. The zero-order chi connectivity index (χ0) is 13.9. The quantitative estimate of drug-likeness (QED) is 0.936. The second-order valence-electron chi connectivity index (χ2n) is 5.01. The van der Waals surface area contributed by atoms with E-state index in [4.69, 9.17) is 0 Å². The van der Waals surface area contributed by atoms with Gasteiger partial charge in [-0.1, -0.05) is 17.7 Å². The maximum absolute atomic E-state index is 12.2. The molecule has 104 valence electrons. The zero-order valence-corrected chi connectivity index (χ0v) is 12.2. The van der Waals surface area contributed by atoms with Gasteiger partial charge in [0.05, 0.1) is 11.6 Å². The predicted molar refractivity (Wildman–Crippen MR) is 79.8 cm³/mol. The molecule has 1 aromatic carbocycles. The average Bonchev–Trinajstić information content (AvgIpc) is 3.06. The minimum absolute atomic E-state index is 0.00888. The smallest absolute Gasteiger partial charge is 0.233 e. The molecule has 2 heterocycles. The van der Waals surface area contributed by atoms with Crippen molar-refractivity contribution in [2.75, 3.05) is 6.54 Å². The number of hydrogen-bond acceptors (Lipinski definition) is 3. The summed E-state index contributed by atoms with van der Waals surface area (Å²) in [6.45, 7) is 3.48. The Morgan fingerprint density at radius 3 is 3.25 bits per heavy atom. The fourth-order valence-electron chi connectivity index (χ4n) is 2.32. The molecule has 2 aromatic rings. The third-order valence-electron chi connectivity index (χ3n) is 3.42. The van der Waals surface area contributed by atoms with Crippen molar-refractivity contribution in [3.8, 4) is 0 Å². The molecular formula is C15H17N3OS. The number of benzene rings is 1. The van der Waals surface area contributed by atoms with Crippen molar-refractivity contribution in [2.24, 2.45) is 0 Å². The molecule has 0 aliphatic carbocycles. The lowest BCUT2D eigenvalue weighted by Crippen LogP contribution is -2.34. The van der Waals surface area contributed by atoms with Crippen LogP contribution < -0.4 is 5.32 Å². The van der Waals surface area contributed by atoms with Gasteiger partial charge in [0.15, 0.2) is 0 Å². The van der Waals surface area contributed by atoms with Gasteiger partial charge in [-0.15, -0.1) is 11.8 Å². The summed E-state index contributed by atoms with van der Waals surface area (Å²) < 4.78 is 1.96. The first kappa shape index (κ1) is 13.2. The Balaban J connectivity index is 1.52. The van der Waals surface area contributed by atoms with E-state index in [1.165, 1.54) is 16.0 Å². The van der Waals surface area contributed by atoms with Crippen molar-refractivity contribution in [3.05, 3.63) is 48.0 Å². The molecule has 3 rings (SSSR count). The summed E-state index contributed by atoms with van der Waals surface area (Å²) in [4.78, 5) is 17.4. The molecule has 0 fully saturated rings. The molecule has 20 heavy (non-hydrogen) atoms. The standard InChI is InChI=1S/C15H17N3OS/c1-11-2-3-12-9-14(20-13(12)8-11)15(19)17-5-7-18-6-4-16-10-18/h2-4,6,8,10,14H,5,7,9H2,1H3,(H,17,19)/t14-/m1/s1. The lowest BCUT2D eigenvalue weighted by Gasteiger charge is -2.10. The molecule has 1 aromatic heterocycles. The Morgan fingerprint density at radius 2 is 2.45 bits per heavy atom. The molecule has 1 amide bonds. The second kappa shape index (κ2) is 5.71. The normalized spacial score (nSPS) is 16.9. The van der Waals surface area contributed by atoms with Gasteiger partial charge in [-0.3, -0.25) is 4.79 Å². The Kier molecular flexibility index (Phi) is 3.78. The van der Waals surface area contributed by atoms with Crippen LogP contribution in [-0.4, -0.2) is 27.3 Å². The van der Waals surface area contributed by atoms with Crippen molar-refractivity contribution in [1.82, 2.24) is 14.9 Å². The number of carbonyl (C=O) groups is 1. The minimum Gasteiger partial charge on any atom is -0.353 e. The molecule has 0 saturated carbocycles. The van der Waals surface area contributed by atoms with Crippen molar-refractivity contribution in [2.45, 2.75) is 30.0 Å². The Hall–Kier alpha value is -1.75. The Morgan fingerprint density at radius 1 is 1.55 bits per heavy atom. The number of rotatable bonds is 4. The zero-order valence-electron chi connectivity index (χ0n) is 11.4. The van der Waals surface area contributed by atoms with Gasteiger partial charge in [0, 0.05) is 30.4 Å². The number of carbonyl (C=O) groups excluding carboxylic acids is 1. The van der Waals surface area contributed by atoms with Gasteiger partial charge in [-0.2, -0.15) is 0 Å². The third kappa shape index (κ3) is 2.88. The summed E-state index contributed by atoms with van der Waals surface area (Å²) in [5, 5.41) is 3.01. The van der Waals surface area contributed by atoms with Gasteiger partial charge in [-0.25, -0.2) is 4.98 Å². The van der Waals surface area contributed by atoms with E-state index in [0.717, 1.165) is 13.0 Å². The predicted octanol–water partition coefficient (Wildman–Crippen LogP) is 2.02. The number of aromatic nitrogens is 2. The van der Waals surface area contributed by atoms with Crippen molar-refractivity contribution < 1.29 is 4.79 Å². The van der Waals surface area contributed by atoms with Gasteiger partial charge in [0.25, 0.3) is 0 Å². The van der Waals surface area contributed by atoms with E-state index >= 15 is 0 Å². The SMILES string of the molecule is Cc1ccc2c(c1)S[C@@H](C(=O)NCCn1ccnc1)C2. The molecule has 0 spiro atoms. The average molecular weight is 287 g/mol. The van der Waals surface area contributed by atoms with Crippen LogP contribution in [0.2, 0.25) is 0 Å². The summed E-state index contributed by atoms with van der Waals surface area (Å²) in [5.74, 6) is 0.129. The van der Waals surface area contributed by atoms with Crippen LogP contribution in [-0.2, 0) is 17.8 Å². The molecule has 0 radical (unpaired) electrons. The highest BCUT2D eigenvalue weighted by molar-refractivity contribution is 8.01. The first-order valence-electron chi connectivity index (χ1n) is 6.72. The summed E-state index contributed by atoms with van der Waals surface area (Å²) in [6, 6.07) is 6.41. The third-order valence-corrected chi connectivity index (χ3v) is 4.72. The molecule has 1 N–H and O–H groups in total. The maximum Gasteiger partial charge on any atom is 0.233 e. The lowest BCUT2D eigenvalue weighted by molar-refractivity contribution is -0.120. The fourth-order valence-corrected chi connectivity index (χ4v) is 3.64. The van der Waals surface area contributed by atoms with Gasteiger partial charge < -0.3 is 9.88 Å². The first-order valence-corrected chi connectivity index (χ1v) is 7.60. The maximum atomic E-state index is 12.2. The van der Waals surface area contributed by atoms with Crippen molar-refractivity contribution >= 4 is 17.7 Å². The Bertz CT molecular complexity index is 610. The lowest BCUT2D eigenvalue weighted by atomic mass is 10.1. The largest absolute Gasteiger partial charge is 0.353 e. The molecule has 5 heteroatoms. The summed E-state index contributed by atoms with van der Waals surface area (Å²) in [7, 11) is 0. The number of imidazole rings is 1. The van der Waals surface area contributed by atoms with Gasteiger partial charge in [0.2, 0.25) is 5.91 Å². The van der Waals surface area contributed by atoms with E-state index in [1.54, 1.807) is 24.3 Å². The number of hydrogen-bond donors (Lipinski definition) is 1. The van der Waals surface area contributed by atoms with Crippen LogP contribution in [0.25, 0.3) is 0 Å². The van der Waals surface area contributed by atoms with E-state index < -0.39 is 0 Å². The number of fused-ring (bicyclic) bond motifs is 1. The molecule has 0 bridgehead atoms. The van der Waals surface area contributed by atoms with Gasteiger partial charge >= 0.3 is 0 Å². The highest BCUT2D eigenvalue weighted by atomic mass is 32.2. The van der Waals surface area contributed by atoms with Gasteiger partial charge in [-0.05, 0) is 25.0 Å². The number of nitrogens with one attached hydrogen (secondary N) is 1. The number of amides is 1. The first-order chi connectivity index (χ1) is 9.72. The Labute approximate surface area is 122 Å². The molecule has 1 aliphatic rings. The monoisotopic (exact) mass is 287 g/mol. The summed E-state index contributed by atoms with van der Waals surface area (Å²) >= 11 is 1.68. The minimum atomic E-state index is 0.00888. The summed E-state index contributed by atoms with van der Waals surface area (Å²) in [5.41, 5.74) is 2.53. The molecule has 0 saturated heterocycles. The van der Waals surface area contributed by atoms with Gasteiger partial charge in [0.1, 0.15) is 0 Å². The van der Waals surface area contributed by atoms with Crippen molar-refractivity contribution in [3.63, 3.8) is 0 Å². The highest BCUT2D eigenvalue weighted by Gasteiger charge is 2.27. The van der Waals surface area contributed by atoms with Crippen LogP contribution >= 0.6 is 11.8 Å². The summed E-state index contributed by atoms with van der Waals surface area (Å²) in [6.07, 6.45) is 6.23. The van der Waals surface area contributed by atoms with E-state index in [1.807, 2.05) is 10.8 Å². The van der Waals surface area contributed by atoms with Crippen LogP contribution in [0.5, 0.6) is 0 Å². The van der Waals surface area contributed by atoms with Crippen LogP contribution in [0, 0.1) is 6.92 Å². The van der Waals surface area contributed by atoms with E-state index in [2.05, 4.69) is 35.4 Å². The number of nitrogens with zero attached hydrogens (tertiary/aromatic N) is 2. The number of aryl methyl sites for hydroxylation is 1. The fraction of sp³-hybridized carbons (Fsp3) is 0.333. The molecule has 1 atom stereocenters. The molecule has 4 nitrogen and oxygen atoms in total. The van der Waals surface area contributed by atoms with Crippen molar-refractivity contribution in [1.29, 1.82) is 0 Å². The topological polar surface area (TPSA) is 46.9 Å². The molecule has 1 aliphatic heterocycles. The highest BCUT2D eigenvalue weighted by Crippen LogP contribution is 2.37.